The summed E-state index contributed by atoms with van der Waals surface area (Å²) in [6.07, 6.45) is 0. The molecule has 0 saturated heterocycles. The van der Waals surface area contributed by atoms with Gasteiger partial charge in [0.2, 0.25) is 0 Å². The monoisotopic (exact) mass is 586 g/mol. The Morgan fingerprint density at radius 2 is 1.14 bits per heavy atom. The van der Waals surface area contributed by atoms with Gasteiger partial charge in [-0.25, -0.2) is 15.0 Å². The highest BCUT2D eigenvalue weighted by Gasteiger charge is 2.15. The van der Waals surface area contributed by atoms with E-state index in [2.05, 4.69) is 47.4 Å². The fourth-order valence-corrected chi connectivity index (χ4v) is 6.98. The van der Waals surface area contributed by atoms with E-state index in [9.17, 15) is 0 Å². The number of fused-ring (bicyclic) bond motifs is 6. The van der Waals surface area contributed by atoms with Crippen LogP contribution in [0.1, 0.15) is 6.85 Å². The van der Waals surface area contributed by atoms with E-state index in [0.717, 1.165) is 27.5 Å². The highest BCUT2D eigenvalue weighted by molar-refractivity contribution is 7.26. The molecule has 0 radical (unpaired) electrons. The number of nitrogens with zero attached hydrogens (tertiary/aromatic N) is 3. The molecule has 9 aromatic rings. The molecule has 0 spiro atoms. The van der Waals surface area contributed by atoms with Gasteiger partial charge < -0.3 is 4.42 Å². The summed E-state index contributed by atoms with van der Waals surface area (Å²) in [5.41, 5.74) is 4.82. The van der Waals surface area contributed by atoms with E-state index in [-0.39, 0.29) is 29.3 Å². The third kappa shape index (κ3) is 4.09. The fraction of sp³-hybridized carbons (Fsp3) is 0. The van der Waals surface area contributed by atoms with Crippen LogP contribution in [0.2, 0.25) is 0 Å². The molecule has 44 heavy (non-hydrogen) atoms. The van der Waals surface area contributed by atoms with Crippen LogP contribution in [0, 0.1) is 0 Å². The summed E-state index contributed by atoms with van der Waals surface area (Å²) < 4.78 is 50.5. The van der Waals surface area contributed by atoms with E-state index in [0.29, 0.717) is 22.5 Å². The van der Waals surface area contributed by atoms with Crippen LogP contribution in [0.15, 0.2) is 144 Å². The van der Waals surface area contributed by atoms with Gasteiger partial charge in [0.25, 0.3) is 0 Å². The standard InChI is InChI=1S/C39H23N3OS/c1-2-9-25(10-3-1)37-40-38(42-39(41-37)27-21-22-30-29-11-4-6-15-33(29)43-34(30)23-27)26-19-17-24(18-20-26)28-13-8-14-32-31-12-5-7-16-35(31)44-36(28)32/h1-23H/i1D,2D,3D,9D,10D. The zero-order valence-corrected chi connectivity index (χ0v) is 23.9. The zero-order chi connectivity index (χ0) is 33.4. The maximum absolute atomic E-state index is 8.64. The molecule has 0 saturated carbocycles. The first-order valence-corrected chi connectivity index (χ1v) is 14.9. The second kappa shape index (κ2) is 9.97. The Balaban J connectivity index is 1.21. The second-order valence-electron chi connectivity index (χ2n) is 10.5. The van der Waals surface area contributed by atoms with Crippen molar-refractivity contribution in [1.82, 2.24) is 15.0 Å². The third-order valence-corrected chi connectivity index (χ3v) is 9.07. The summed E-state index contributed by atoms with van der Waals surface area (Å²) in [5.74, 6) is 0.581. The number of benzene rings is 6. The number of rotatable bonds is 4. The molecule has 0 unspecified atom stereocenters. The molecule has 6 aromatic carbocycles. The molecule has 0 aliphatic heterocycles. The number of para-hydroxylation sites is 1. The van der Waals surface area contributed by atoms with Crippen molar-refractivity contribution in [1.29, 1.82) is 0 Å². The first-order valence-electron chi connectivity index (χ1n) is 16.6. The van der Waals surface area contributed by atoms with Crippen molar-refractivity contribution in [3.8, 4) is 45.3 Å². The van der Waals surface area contributed by atoms with Crippen LogP contribution in [-0.4, -0.2) is 15.0 Å². The molecule has 0 aliphatic carbocycles. The number of furan rings is 1. The molecule has 0 atom stereocenters. The highest BCUT2D eigenvalue weighted by atomic mass is 32.1. The van der Waals surface area contributed by atoms with E-state index in [1.165, 1.54) is 20.2 Å². The fourth-order valence-electron chi connectivity index (χ4n) is 5.75. The van der Waals surface area contributed by atoms with E-state index in [4.69, 9.17) is 21.2 Å². The van der Waals surface area contributed by atoms with Gasteiger partial charge in [-0.2, -0.15) is 0 Å². The first-order chi connectivity index (χ1) is 23.9. The van der Waals surface area contributed by atoms with Crippen LogP contribution in [-0.2, 0) is 0 Å². The van der Waals surface area contributed by atoms with Crippen LogP contribution in [0.3, 0.4) is 0 Å². The van der Waals surface area contributed by atoms with Gasteiger partial charge in [0.1, 0.15) is 11.2 Å². The number of hydrogen-bond donors (Lipinski definition) is 0. The summed E-state index contributed by atoms with van der Waals surface area (Å²) in [5, 5.41) is 4.39. The van der Waals surface area contributed by atoms with E-state index < -0.39 is 18.1 Å². The van der Waals surface area contributed by atoms with Crippen molar-refractivity contribution in [2.75, 3.05) is 0 Å². The first kappa shape index (κ1) is 20.3. The Morgan fingerprint density at radius 3 is 1.98 bits per heavy atom. The molecule has 206 valence electrons. The molecule has 0 fully saturated rings. The summed E-state index contributed by atoms with van der Waals surface area (Å²) in [4.78, 5) is 14.2. The lowest BCUT2D eigenvalue weighted by Crippen LogP contribution is -2.00. The molecular weight excluding hydrogens is 559 g/mol. The minimum atomic E-state index is -0.479. The molecule has 0 N–H and O–H groups in total. The number of hydrogen-bond acceptors (Lipinski definition) is 5. The van der Waals surface area contributed by atoms with Crippen LogP contribution < -0.4 is 0 Å². The second-order valence-corrected chi connectivity index (χ2v) is 11.5. The van der Waals surface area contributed by atoms with E-state index in [1.54, 1.807) is 11.3 Å². The van der Waals surface area contributed by atoms with Crippen molar-refractivity contribution < 1.29 is 11.3 Å². The van der Waals surface area contributed by atoms with Gasteiger partial charge in [0.05, 0.1) is 6.85 Å². The molecule has 3 aromatic heterocycles. The minimum Gasteiger partial charge on any atom is -0.456 e. The molecule has 4 nitrogen and oxygen atoms in total. The predicted octanol–water partition coefficient (Wildman–Crippen LogP) is 10.8. The molecule has 5 heteroatoms. The summed E-state index contributed by atoms with van der Waals surface area (Å²) in [6, 6.07) is 34.1. The van der Waals surface area contributed by atoms with Crippen LogP contribution in [0.4, 0.5) is 0 Å². The van der Waals surface area contributed by atoms with Gasteiger partial charge in [0, 0.05) is 47.6 Å². The number of thiophene rings is 1. The highest BCUT2D eigenvalue weighted by Crippen LogP contribution is 2.40. The largest absolute Gasteiger partial charge is 0.456 e. The summed E-state index contributed by atoms with van der Waals surface area (Å²) in [7, 11) is 0. The Kier molecular flexibility index (Phi) is 4.60. The smallest absolute Gasteiger partial charge is 0.164 e. The molecule has 0 aliphatic rings. The van der Waals surface area contributed by atoms with Crippen molar-refractivity contribution in [3.63, 3.8) is 0 Å². The molecule has 0 amide bonds. The van der Waals surface area contributed by atoms with Crippen molar-refractivity contribution in [3.05, 3.63) is 139 Å². The Labute approximate surface area is 264 Å². The summed E-state index contributed by atoms with van der Waals surface area (Å²) >= 11 is 1.77. The third-order valence-electron chi connectivity index (χ3n) is 7.85. The van der Waals surface area contributed by atoms with Gasteiger partial charge >= 0.3 is 0 Å². The summed E-state index contributed by atoms with van der Waals surface area (Å²) in [6.45, 7) is 0. The normalized spacial score (nSPS) is 13.2. The molecule has 3 heterocycles. The van der Waals surface area contributed by atoms with Gasteiger partial charge in [-0.05, 0) is 35.4 Å². The van der Waals surface area contributed by atoms with Gasteiger partial charge in [-0.15, -0.1) is 11.3 Å². The van der Waals surface area contributed by atoms with Gasteiger partial charge in [-0.1, -0.05) is 115 Å². The average Bonchev–Trinajstić information content (AvgIpc) is 3.71. The lowest BCUT2D eigenvalue weighted by Gasteiger charge is -2.09. The molecule has 0 bridgehead atoms. The Hall–Kier alpha value is -5.65. The minimum absolute atomic E-state index is 0.0131. The Morgan fingerprint density at radius 1 is 0.500 bits per heavy atom. The van der Waals surface area contributed by atoms with Gasteiger partial charge in [0.15, 0.2) is 17.5 Å². The van der Waals surface area contributed by atoms with Crippen LogP contribution in [0.25, 0.3) is 87.4 Å². The maximum atomic E-state index is 8.64. The quantitative estimate of drug-likeness (QED) is 0.206. The van der Waals surface area contributed by atoms with Crippen LogP contribution in [0.5, 0.6) is 0 Å². The van der Waals surface area contributed by atoms with Crippen molar-refractivity contribution in [2.24, 2.45) is 0 Å². The van der Waals surface area contributed by atoms with E-state index >= 15 is 0 Å². The topological polar surface area (TPSA) is 51.8 Å². The molecule has 9 rings (SSSR count). The molecular formula is C39H23N3OS. The Bertz CT molecular complexity index is 2760. The van der Waals surface area contributed by atoms with Crippen molar-refractivity contribution >= 4 is 53.4 Å². The zero-order valence-electron chi connectivity index (χ0n) is 28.1. The van der Waals surface area contributed by atoms with Crippen molar-refractivity contribution in [2.45, 2.75) is 0 Å². The predicted molar refractivity (Wildman–Crippen MR) is 182 cm³/mol. The lowest BCUT2D eigenvalue weighted by atomic mass is 10.0. The average molecular weight is 587 g/mol. The van der Waals surface area contributed by atoms with E-state index in [1.807, 2.05) is 66.7 Å². The number of aromatic nitrogens is 3. The maximum Gasteiger partial charge on any atom is 0.164 e. The SMILES string of the molecule is [2H]c1c([2H])c([2H])c(-c2nc(-c3ccc(-c4cccc5c4sc4ccccc45)cc3)nc(-c3ccc4c(c3)oc3ccccc34)n2)c([2H])c1[2H]. The lowest BCUT2D eigenvalue weighted by molar-refractivity contribution is 0.669. The van der Waals surface area contributed by atoms with Gasteiger partial charge in [-0.3, -0.25) is 0 Å². The van der Waals surface area contributed by atoms with Crippen LogP contribution >= 0.6 is 11.3 Å².